The zero-order chi connectivity index (χ0) is 25.7. The molecule has 0 saturated heterocycles. The van der Waals surface area contributed by atoms with Gasteiger partial charge in [-0.2, -0.15) is 10.1 Å². The van der Waals surface area contributed by atoms with Crippen LogP contribution in [0.3, 0.4) is 0 Å². The summed E-state index contributed by atoms with van der Waals surface area (Å²) in [5.74, 6) is 1.17. The molecule has 36 heavy (non-hydrogen) atoms. The molecule has 12 heteroatoms. The minimum atomic E-state index is -0.535. The number of hydrogen-bond donors (Lipinski definition) is 1. The van der Waals surface area contributed by atoms with Crippen LogP contribution in [0.1, 0.15) is 29.8 Å². The van der Waals surface area contributed by atoms with E-state index in [2.05, 4.69) is 39.3 Å². The number of amides is 1. The number of nitrogens with zero attached hydrogens (tertiary/aromatic N) is 6. The van der Waals surface area contributed by atoms with E-state index < -0.39 is 10.8 Å². The molecule has 0 aliphatic heterocycles. The lowest BCUT2D eigenvalue weighted by molar-refractivity contribution is -0.384. The second-order valence-electron chi connectivity index (χ2n) is 8.15. The molecule has 2 aromatic carbocycles. The van der Waals surface area contributed by atoms with Crippen molar-refractivity contribution in [2.45, 2.75) is 20.4 Å². The first-order valence-corrected chi connectivity index (χ1v) is 10.9. The van der Waals surface area contributed by atoms with Crippen molar-refractivity contribution < 1.29 is 19.2 Å². The Morgan fingerprint density at radius 1 is 1.19 bits per heavy atom. The first-order chi connectivity index (χ1) is 17.4. The second kappa shape index (κ2) is 10.6. The number of carbonyl (C=O) groups excluding carboxylic acids is 1. The SMILES string of the molecule is COc1cc(Oc2ncnc3c2ncn3CC(C)C)ccc1/C=N/NC(=O)c1ccc([N+](=O)[O-])cc1. The van der Waals surface area contributed by atoms with E-state index in [1.165, 1.54) is 43.9 Å². The van der Waals surface area contributed by atoms with Gasteiger partial charge in [0.05, 0.1) is 24.6 Å². The van der Waals surface area contributed by atoms with Gasteiger partial charge in [-0.1, -0.05) is 13.8 Å². The number of aromatic nitrogens is 4. The van der Waals surface area contributed by atoms with E-state index in [0.29, 0.717) is 40.0 Å². The van der Waals surface area contributed by atoms with Gasteiger partial charge in [-0.15, -0.1) is 0 Å². The molecule has 0 fully saturated rings. The minimum absolute atomic E-state index is 0.103. The third kappa shape index (κ3) is 5.43. The molecule has 0 bridgehead atoms. The number of methoxy groups -OCH3 is 1. The summed E-state index contributed by atoms with van der Waals surface area (Å²) in [6.07, 6.45) is 4.57. The number of nitrogens with one attached hydrogen (secondary N) is 1. The number of ether oxygens (including phenoxy) is 2. The second-order valence-corrected chi connectivity index (χ2v) is 8.15. The molecule has 0 saturated carbocycles. The normalized spacial score (nSPS) is 11.2. The van der Waals surface area contributed by atoms with E-state index in [1.807, 2.05) is 4.57 Å². The van der Waals surface area contributed by atoms with Crippen LogP contribution in [-0.4, -0.2) is 43.7 Å². The van der Waals surface area contributed by atoms with Crippen molar-refractivity contribution in [3.63, 3.8) is 0 Å². The molecule has 0 unspecified atom stereocenters. The van der Waals surface area contributed by atoms with Crippen LogP contribution in [0.15, 0.2) is 60.2 Å². The maximum absolute atomic E-state index is 12.2. The van der Waals surface area contributed by atoms with Crippen LogP contribution in [-0.2, 0) is 6.54 Å². The topological polar surface area (TPSA) is 147 Å². The summed E-state index contributed by atoms with van der Waals surface area (Å²) in [5.41, 5.74) is 4.34. The van der Waals surface area contributed by atoms with E-state index in [-0.39, 0.29) is 11.3 Å². The molecule has 0 radical (unpaired) electrons. The van der Waals surface area contributed by atoms with E-state index in [1.54, 1.807) is 24.5 Å². The summed E-state index contributed by atoms with van der Waals surface area (Å²) < 4.78 is 13.4. The molecular weight excluding hydrogens is 466 g/mol. The highest BCUT2D eigenvalue weighted by molar-refractivity contribution is 5.95. The summed E-state index contributed by atoms with van der Waals surface area (Å²) in [4.78, 5) is 35.4. The zero-order valence-corrected chi connectivity index (χ0v) is 19.8. The first-order valence-electron chi connectivity index (χ1n) is 10.9. The first kappa shape index (κ1) is 24.3. The Kier molecular flexibility index (Phi) is 7.14. The highest BCUT2D eigenvalue weighted by Crippen LogP contribution is 2.29. The van der Waals surface area contributed by atoms with Gasteiger partial charge in [0.1, 0.15) is 17.8 Å². The number of non-ortho nitro benzene ring substituents is 1. The lowest BCUT2D eigenvalue weighted by Gasteiger charge is -2.10. The Morgan fingerprint density at radius 3 is 2.67 bits per heavy atom. The maximum atomic E-state index is 12.2. The van der Waals surface area contributed by atoms with Crippen LogP contribution in [0.2, 0.25) is 0 Å². The lowest BCUT2D eigenvalue weighted by Crippen LogP contribution is -2.17. The monoisotopic (exact) mass is 489 g/mol. The highest BCUT2D eigenvalue weighted by atomic mass is 16.6. The number of fused-ring (bicyclic) bond motifs is 1. The van der Waals surface area contributed by atoms with Crippen molar-refractivity contribution in [1.82, 2.24) is 24.9 Å². The largest absolute Gasteiger partial charge is 0.496 e. The molecule has 4 rings (SSSR count). The Hall–Kier alpha value is -4.87. The summed E-state index contributed by atoms with van der Waals surface area (Å²) in [6, 6.07) is 10.3. The van der Waals surface area contributed by atoms with Gasteiger partial charge in [0, 0.05) is 35.9 Å². The van der Waals surface area contributed by atoms with Crippen molar-refractivity contribution in [2.75, 3.05) is 7.11 Å². The van der Waals surface area contributed by atoms with Gasteiger partial charge in [0.25, 0.3) is 17.5 Å². The molecule has 2 heterocycles. The fraction of sp³-hybridized carbons (Fsp3) is 0.208. The molecule has 1 N–H and O–H groups in total. The predicted octanol–water partition coefficient (Wildman–Crippen LogP) is 3.96. The summed E-state index contributed by atoms with van der Waals surface area (Å²) in [7, 11) is 1.50. The molecule has 12 nitrogen and oxygen atoms in total. The van der Waals surface area contributed by atoms with E-state index in [0.717, 1.165) is 6.54 Å². The fourth-order valence-corrected chi connectivity index (χ4v) is 3.39. The highest BCUT2D eigenvalue weighted by Gasteiger charge is 2.14. The van der Waals surface area contributed by atoms with Crippen LogP contribution >= 0.6 is 0 Å². The van der Waals surface area contributed by atoms with Gasteiger partial charge in [-0.25, -0.2) is 15.4 Å². The third-order valence-electron chi connectivity index (χ3n) is 5.06. The summed E-state index contributed by atoms with van der Waals surface area (Å²) in [5, 5.41) is 14.7. The molecule has 1 amide bonds. The summed E-state index contributed by atoms with van der Waals surface area (Å²) >= 11 is 0. The Morgan fingerprint density at radius 2 is 1.97 bits per heavy atom. The lowest BCUT2D eigenvalue weighted by atomic mass is 10.2. The molecular formula is C24H23N7O5. The zero-order valence-electron chi connectivity index (χ0n) is 19.8. The number of hydrogen-bond acceptors (Lipinski definition) is 9. The Labute approximate surface area is 205 Å². The predicted molar refractivity (Wildman–Crippen MR) is 131 cm³/mol. The summed E-state index contributed by atoms with van der Waals surface area (Å²) in [6.45, 7) is 5.00. The van der Waals surface area contributed by atoms with E-state index in [4.69, 9.17) is 9.47 Å². The van der Waals surface area contributed by atoms with Crippen molar-refractivity contribution in [3.05, 3.63) is 76.4 Å². The average Bonchev–Trinajstić information content (AvgIpc) is 3.27. The minimum Gasteiger partial charge on any atom is -0.496 e. The molecule has 184 valence electrons. The fourth-order valence-electron chi connectivity index (χ4n) is 3.39. The molecule has 4 aromatic rings. The quantitative estimate of drug-likeness (QED) is 0.211. The molecule has 0 atom stereocenters. The van der Waals surface area contributed by atoms with E-state index >= 15 is 0 Å². The standard InChI is InChI=1S/C24H23N7O5/c1-15(2)12-30-14-27-21-22(30)25-13-26-24(21)36-19-9-6-17(20(10-19)35-3)11-28-29-23(32)16-4-7-18(8-5-16)31(33)34/h4-11,13-15H,12H2,1-3H3,(H,29,32)/b28-11+. The Bertz CT molecular complexity index is 1430. The number of benzene rings is 2. The van der Waals surface area contributed by atoms with Crippen LogP contribution in [0, 0.1) is 16.0 Å². The van der Waals surface area contributed by atoms with Gasteiger partial charge >= 0.3 is 0 Å². The third-order valence-corrected chi connectivity index (χ3v) is 5.06. The average molecular weight is 489 g/mol. The Balaban J connectivity index is 1.47. The van der Waals surface area contributed by atoms with Crippen LogP contribution in [0.5, 0.6) is 17.4 Å². The van der Waals surface area contributed by atoms with Gasteiger partial charge < -0.3 is 14.0 Å². The van der Waals surface area contributed by atoms with Gasteiger partial charge in [-0.3, -0.25) is 14.9 Å². The maximum Gasteiger partial charge on any atom is 0.271 e. The number of nitro benzene ring substituents is 1. The van der Waals surface area contributed by atoms with Crippen molar-refractivity contribution in [3.8, 4) is 17.4 Å². The van der Waals surface area contributed by atoms with Crippen LogP contribution in [0.4, 0.5) is 5.69 Å². The van der Waals surface area contributed by atoms with Crippen LogP contribution in [0.25, 0.3) is 11.2 Å². The van der Waals surface area contributed by atoms with Gasteiger partial charge in [0.2, 0.25) is 0 Å². The van der Waals surface area contributed by atoms with Gasteiger partial charge in [-0.05, 0) is 30.2 Å². The van der Waals surface area contributed by atoms with Crippen molar-refractivity contribution in [1.29, 1.82) is 0 Å². The van der Waals surface area contributed by atoms with Crippen molar-refractivity contribution in [2.24, 2.45) is 11.0 Å². The number of hydrazone groups is 1. The number of imidazole rings is 1. The molecule has 2 aromatic heterocycles. The number of rotatable bonds is 9. The van der Waals surface area contributed by atoms with Crippen molar-refractivity contribution >= 4 is 29.0 Å². The number of carbonyl (C=O) groups is 1. The molecule has 0 aliphatic carbocycles. The van der Waals surface area contributed by atoms with Gasteiger partial charge in [0.15, 0.2) is 11.2 Å². The van der Waals surface area contributed by atoms with Crippen LogP contribution < -0.4 is 14.9 Å². The smallest absolute Gasteiger partial charge is 0.271 e. The van der Waals surface area contributed by atoms with E-state index in [9.17, 15) is 14.9 Å². The number of nitro groups is 1. The molecule has 0 spiro atoms. The molecule has 0 aliphatic rings.